The van der Waals surface area contributed by atoms with E-state index >= 15 is 0 Å². The Bertz CT molecular complexity index is 664. The van der Waals surface area contributed by atoms with Gasteiger partial charge in [0.25, 0.3) is 0 Å². The Morgan fingerprint density at radius 2 is 1.63 bits per heavy atom. The molecule has 2 aliphatic rings. The van der Waals surface area contributed by atoms with Gasteiger partial charge in [-0.3, -0.25) is 0 Å². The minimum atomic E-state index is -0.145. The van der Waals surface area contributed by atoms with Crippen molar-refractivity contribution in [2.75, 3.05) is 0 Å². The van der Waals surface area contributed by atoms with E-state index in [-0.39, 0.29) is 12.1 Å². The molecule has 1 aromatic carbocycles. The van der Waals surface area contributed by atoms with Crippen LogP contribution in [0.1, 0.15) is 120 Å². The van der Waals surface area contributed by atoms with Crippen LogP contribution in [0.3, 0.4) is 0 Å². The lowest BCUT2D eigenvalue weighted by Crippen LogP contribution is -2.24. The summed E-state index contributed by atoms with van der Waals surface area (Å²) in [6.07, 6.45) is 20.1. The molecule has 0 radical (unpaired) electrons. The Morgan fingerprint density at radius 1 is 0.867 bits per heavy atom. The minimum Gasteiger partial charge on any atom is -0.459 e. The summed E-state index contributed by atoms with van der Waals surface area (Å²) in [5.74, 6) is 1.56. The van der Waals surface area contributed by atoms with Crippen molar-refractivity contribution in [1.29, 1.82) is 0 Å². The van der Waals surface area contributed by atoms with E-state index in [2.05, 4.69) is 32.1 Å². The molecule has 2 nitrogen and oxygen atoms in total. The van der Waals surface area contributed by atoms with Gasteiger partial charge in [0.2, 0.25) is 0 Å². The molecule has 0 heterocycles. The van der Waals surface area contributed by atoms with E-state index in [1.807, 2.05) is 12.1 Å². The number of rotatable bonds is 10. The second kappa shape index (κ2) is 12.3. The summed E-state index contributed by atoms with van der Waals surface area (Å²) >= 11 is 0. The van der Waals surface area contributed by atoms with Crippen LogP contribution in [0.25, 0.3) is 5.57 Å². The molecule has 0 N–H and O–H groups in total. The van der Waals surface area contributed by atoms with Crippen molar-refractivity contribution >= 4 is 11.5 Å². The highest BCUT2D eigenvalue weighted by Crippen LogP contribution is 2.33. The van der Waals surface area contributed by atoms with Gasteiger partial charge in [-0.2, -0.15) is 0 Å². The van der Waals surface area contributed by atoms with Crippen LogP contribution in [0.4, 0.5) is 0 Å². The molecule has 1 saturated carbocycles. The average Bonchev–Trinajstić information content (AvgIpc) is 2.79. The SMILES string of the molecule is CCCCCC[C@H]1CC[C@H](OC(=O)c2ccc(C3=CCC(CCC)CC3)cc2)CC1. The van der Waals surface area contributed by atoms with Crippen molar-refractivity contribution in [3.63, 3.8) is 0 Å². The molecule has 3 rings (SSSR count). The maximum absolute atomic E-state index is 12.6. The number of hydrogen-bond acceptors (Lipinski definition) is 2. The molecule has 1 unspecified atom stereocenters. The predicted octanol–water partition coefficient (Wildman–Crippen LogP) is 8.36. The first-order chi connectivity index (χ1) is 14.7. The van der Waals surface area contributed by atoms with Crippen LogP contribution in [-0.2, 0) is 4.74 Å². The van der Waals surface area contributed by atoms with Crippen molar-refractivity contribution in [3.05, 3.63) is 41.5 Å². The van der Waals surface area contributed by atoms with Crippen LogP contribution in [0.2, 0.25) is 0 Å². The van der Waals surface area contributed by atoms with E-state index in [0.29, 0.717) is 5.56 Å². The second-order valence-electron chi connectivity index (χ2n) is 9.63. The zero-order valence-corrected chi connectivity index (χ0v) is 19.3. The fourth-order valence-corrected chi connectivity index (χ4v) is 5.26. The first-order valence-corrected chi connectivity index (χ1v) is 12.7. The smallest absolute Gasteiger partial charge is 0.338 e. The van der Waals surface area contributed by atoms with Crippen LogP contribution in [0.15, 0.2) is 30.3 Å². The Balaban J connectivity index is 1.42. The number of allylic oxidation sites excluding steroid dienone is 2. The topological polar surface area (TPSA) is 26.3 Å². The van der Waals surface area contributed by atoms with E-state index in [0.717, 1.165) is 31.1 Å². The Labute approximate surface area is 184 Å². The molecule has 166 valence electrons. The van der Waals surface area contributed by atoms with Gasteiger partial charge in [0.1, 0.15) is 6.10 Å². The molecule has 0 saturated heterocycles. The monoisotopic (exact) mass is 410 g/mol. The molecule has 0 aromatic heterocycles. The van der Waals surface area contributed by atoms with Crippen LogP contribution < -0.4 is 0 Å². The van der Waals surface area contributed by atoms with Crippen LogP contribution in [0.5, 0.6) is 0 Å². The molecule has 2 heteroatoms. The number of unbranched alkanes of at least 4 members (excludes halogenated alkanes) is 3. The van der Waals surface area contributed by atoms with Gasteiger partial charge in [-0.15, -0.1) is 0 Å². The van der Waals surface area contributed by atoms with Gasteiger partial charge >= 0.3 is 5.97 Å². The van der Waals surface area contributed by atoms with Crippen molar-refractivity contribution < 1.29 is 9.53 Å². The number of esters is 1. The summed E-state index contributed by atoms with van der Waals surface area (Å²) < 4.78 is 5.84. The third-order valence-corrected chi connectivity index (χ3v) is 7.24. The Hall–Kier alpha value is -1.57. The van der Waals surface area contributed by atoms with Gasteiger partial charge in [-0.1, -0.05) is 77.0 Å². The molecule has 30 heavy (non-hydrogen) atoms. The number of benzene rings is 1. The normalized spacial score (nSPS) is 24.3. The lowest BCUT2D eigenvalue weighted by atomic mass is 9.84. The molecular formula is C28H42O2. The summed E-state index contributed by atoms with van der Waals surface area (Å²) in [4.78, 5) is 12.6. The van der Waals surface area contributed by atoms with E-state index in [9.17, 15) is 4.79 Å². The lowest BCUT2D eigenvalue weighted by Gasteiger charge is -2.28. The van der Waals surface area contributed by atoms with Gasteiger partial charge in [-0.05, 0) is 80.1 Å². The third-order valence-electron chi connectivity index (χ3n) is 7.24. The van der Waals surface area contributed by atoms with E-state index in [1.165, 1.54) is 81.8 Å². The summed E-state index contributed by atoms with van der Waals surface area (Å²) in [6, 6.07) is 8.12. The predicted molar refractivity (Wildman–Crippen MR) is 127 cm³/mol. The highest BCUT2D eigenvalue weighted by atomic mass is 16.5. The van der Waals surface area contributed by atoms with Gasteiger partial charge in [-0.25, -0.2) is 4.79 Å². The first kappa shape index (κ1) is 23.1. The molecular weight excluding hydrogens is 368 g/mol. The Kier molecular flexibility index (Phi) is 9.49. The van der Waals surface area contributed by atoms with Gasteiger partial charge in [0, 0.05) is 0 Å². The van der Waals surface area contributed by atoms with Crippen LogP contribution >= 0.6 is 0 Å². The van der Waals surface area contributed by atoms with Crippen molar-refractivity contribution in [3.8, 4) is 0 Å². The van der Waals surface area contributed by atoms with Crippen molar-refractivity contribution in [1.82, 2.24) is 0 Å². The van der Waals surface area contributed by atoms with Gasteiger partial charge in [0.15, 0.2) is 0 Å². The molecule has 0 bridgehead atoms. The third kappa shape index (κ3) is 7.00. The largest absolute Gasteiger partial charge is 0.459 e. The second-order valence-corrected chi connectivity index (χ2v) is 9.63. The van der Waals surface area contributed by atoms with Crippen molar-refractivity contribution in [2.45, 2.75) is 110 Å². The maximum atomic E-state index is 12.6. The summed E-state index contributed by atoms with van der Waals surface area (Å²) in [5.41, 5.74) is 3.41. The summed E-state index contributed by atoms with van der Waals surface area (Å²) in [5, 5.41) is 0. The van der Waals surface area contributed by atoms with Crippen LogP contribution in [0, 0.1) is 11.8 Å². The molecule has 1 atom stereocenters. The summed E-state index contributed by atoms with van der Waals surface area (Å²) in [7, 11) is 0. The number of hydrogen-bond donors (Lipinski definition) is 0. The van der Waals surface area contributed by atoms with Crippen molar-refractivity contribution in [2.24, 2.45) is 11.8 Å². The first-order valence-electron chi connectivity index (χ1n) is 12.7. The molecule has 1 aromatic rings. The average molecular weight is 411 g/mol. The maximum Gasteiger partial charge on any atom is 0.338 e. The van der Waals surface area contributed by atoms with Gasteiger partial charge in [0.05, 0.1) is 5.56 Å². The summed E-state index contributed by atoms with van der Waals surface area (Å²) in [6.45, 7) is 4.54. The van der Waals surface area contributed by atoms with Crippen LogP contribution in [-0.4, -0.2) is 12.1 Å². The highest BCUT2D eigenvalue weighted by Gasteiger charge is 2.24. The molecule has 0 amide bonds. The zero-order valence-electron chi connectivity index (χ0n) is 19.3. The minimum absolute atomic E-state index is 0.112. The van der Waals surface area contributed by atoms with E-state index in [4.69, 9.17) is 4.74 Å². The Morgan fingerprint density at radius 3 is 2.27 bits per heavy atom. The number of carbonyl (C=O) groups excluding carboxylic acids is 1. The number of ether oxygens (including phenoxy) is 1. The zero-order chi connectivity index (χ0) is 21.2. The molecule has 0 spiro atoms. The highest BCUT2D eigenvalue weighted by molar-refractivity contribution is 5.90. The van der Waals surface area contributed by atoms with E-state index < -0.39 is 0 Å². The standard InChI is InChI=1S/C28H42O2/c1-3-5-6-7-9-23-12-20-27(21-13-23)30-28(29)26-18-16-25(17-19-26)24-14-10-22(8-4-2)11-15-24/h14,16-19,22-23,27H,3-13,15,20-21H2,1-2H3/t22?,23-,27-. The molecule has 0 aliphatic heterocycles. The molecule has 1 fully saturated rings. The fraction of sp³-hybridized carbons (Fsp3) is 0.679. The van der Waals surface area contributed by atoms with E-state index in [1.54, 1.807) is 0 Å². The quantitative estimate of drug-likeness (QED) is 0.286. The van der Waals surface area contributed by atoms with Gasteiger partial charge < -0.3 is 4.74 Å². The fourth-order valence-electron chi connectivity index (χ4n) is 5.26. The molecule has 2 aliphatic carbocycles. The number of carbonyl (C=O) groups is 1. The lowest BCUT2D eigenvalue weighted by molar-refractivity contribution is 0.0161.